The van der Waals surface area contributed by atoms with E-state index in [0.717, 1.165) is 11.1 Å². The molecule has 9 heteroatoms. The van der Waals surface area contributed by atoms with Crippen molar-refractivity contribution in [2.24, 2.45) is 0 Å². The van der Waals surface area contributed by atoms with Crippen molar-refractivity contribution in [3.8, 4) is 11.5 Å². The highest BCUT2D eigenvalue weighted by Crippen LogP contribution is 2.38. The maximum atomic E-state index is 11.3. The number of carbonyl (C=O) groups is 1. The van der Waals surface area contributed by atoms with Crippen molar-refractivity contribution in [2.75, 3.05) is 11.9 Å². The fourth-order valence-corrected chi connectivity index (χ4v) is 3.87. The lowest BCUT2D eigenvalue weighted by molar-refractivity contribution is 0.0697. The lowest BCUT2D eigenvalue weighted by atomic mass is 10.1. The van der Waals surface area contributed by atoms with E-state index >= 15 is 0 Å². The molecule has 0 radical (unpaired) electrons. The fraction of sp³-hybridized carbons (Fsp3) is 0.174. The van der Waals surface area contributed by atoms with Crippen molar-refractivity contribution in [2.45, 2.75) is 20.1 Å². The quantitative estimate of drug-likeness (QED) is 0.308. The van der Waals surface area contributed by atoms with E-state index in [9.17, 15) is 9.90 Å². The molecule has 0 aliphatic heterocycles. The Hall–Kier alpha value is -2.31. The highest BCUT2D eigenvalue weighted by molar-refractivity contribution is 6.35. The summed E-state index contributed by atoms with van der Waals surface area (Å²) in [6.45, 7) is 2.85. The van der Waals surface area contributed by atoms with E-state index in [2.05, 4.69) is 5.32 Å². The van der Waals surface area contributed by atoms with Gasteiger partial charge in [-0.15, -0.1) is 0 Å². The van der Waals surface area contributed by atoms with E-state index in [4.69, 9.17) is 55.9 Å². The van der Waals surface area contributed by atoms with Crippen LogP contribution in [0.3, 0.4) is 0 Å². The smallest absolute Gasteiger partial charge is 0.337 e. The van der Waals surface area contributed by atoms with Gasteiger partial charge in [0, 0.05) is 27.8 Å². The molecule has 0 saturated heterocycles. The number of carboxylic acid groups (broad SMARTS) is 1. The molecule has 0 unspecified atom stereocenters. The van der Waals surface area contributed by atoms with Crippen LogP contribution in [0.15, 0.2) is 48.5 Å². The summed E-state index contributed by atoms with van der Waals surface area (Å²) in [4.78, 5) is 11.3. The molecule has 168 valence electrons. The lowest BCUT2D eigenvalue weighted by Crippen LogP contribution is -2.05. The molecule has 0 atom stereocenters. The molecular weight excluding hydrogens is 496 g/mol. The summed E-state index contributed by atoms with van der Waals surface area (Å²) in [6.07, 6.45) is 0. The van der Waals surface area contributed by atoms with E-state index in [0.29, 0.717) is 45.4 Å². The molecule has 0 heterocycles. The third-order valence-corrected chi connectivity index (χ3v) is 5.65. The maximum absolute atomic E-state index is 11.3. The predicted molar refractivity (Wildman–Crippen MR) is 129 cm³/mol. The highest BCUT2D eigenvalue weighted by Gasteiger charge is 2.15. The van der Waals surface area contributed by atoms with Gasteiger partial charge in [0.05, 0.1) is 22.2 Å². The van der Waals surface area contributed by atoms with Crippen LogP contribution in [0.1, 0.15) is 28.4 Å². The van der Waals surface area contributed by atoms with Crippen molar-refractivity contribution in [3.05, 3.63) is 85.3 Å². The molecule has 3 aromatic rings. The fourth-order valence-electron chi connectivity index (χ4n) is 2.92. The Morgan fingerprint density at radius 3 is 2.41 bits per heavy atom. The van der Waals surface area contributed by atoms with Crippen LogP contribution in [0.4, 0.5) is 5.69 Å². The van der Waals surface area contributed by atoms with E-state index in [-0.39, 0.29) is 17.2 Å². The van der Waals surface area contributed by atoms with Crippen molar-refractivity contribution in [1.29, 1.82) is 0 Å². The topological polar surface area (TPSA) is 67.8 Å². The van der Waals surface area contributed by atoms with Crippen LogP contribution in [0.2, 0.25) is 20.1 Å². The largest absolute Gasteiger partial charge is 0.490 e. The van der Waals surface area contributed by atoms with Crippen LogP contribution in [0.5, 0.6) is 11.5 Å². The molecular formula is C23H19Cl4NO4. The number of hydrogen-bond acceptors (Lipinski definition) is 4. The van der Waals surface area contributed by atoms with E-state index < -0.39 is 5.97 Å². The second-order valence-corrected chi connectivity index (χ2v) is 8.37. The van der Waals surface area contributed by atoms with Gasteiger partial charge in [0.15, 0.2) is 11.5 Å². The molecule has 0 bridgehead atoms. The molecule has 0 spiro atoms. The van der Waals surface area contributed by atoms with Crippen LogP contribution in [-0.4, -0.2) is 17.7 Å². The van der Waals surface area contributed by atoms with Crippen LogP contribution >= 0.6 is 46.4 Å². The van der Waals surface area contributed by atoms with E-state index in [1.165, 1.54) is 12.1 Å². The standard InChI is InChI=1S/C23H19Cl4NO4/c1-2-31-21-8-13(11-28-16-5-6-18(25)17(10-16)23(29)30)7-20(27)22(21)32-12-14-3-4-15(24)9-19(14)26/h3-10,28H,2,11-12H2,1H3,(H,29,30). The highest BCUT2D eigenvalue weighted by atomic mass is 35.5. The Labute approximate surface area is 205 Å². The van der Waals surface area contributed by atoms with Gasteiger partial charge in [0.25, 0.3) is 0 Å². The van der Waals surface area contributed by atoms with Crippen LogP contribution < -0.4 is 14.8 Å². The van der Waals surface area contributed by atoms with Gasteiger partial charge < -0.3 is 19.9 Å². The SMILES string of the molecule is CCOc1cc(CNc2ccc(Cl)c(C(=O)O)c2)cc(Cl)c1OCc1ccc(Cl)cc1Cl. The Morgan fingerprint density at radius 2 is 1.72 bits per heavy atom. The van der Waals surface area contributed by atoms with Gasteiger partial charge in [-0.25, -0.2) is 4.79 Å². The normalized spacial score (nSPS) is 10.7. The van der Waals surface area contributed by atoms with Crippen LogP contribution in [0, 0.1) is 0 Å². The molecule has 0 aliphatic carbocycles. The minimum atomic E-state index is -1.09. The predicted octanol–water partition coefficient (Wildman–Crippen LogP) is 7.59. The lowest BCUT2D eigenvalue weighted by Gasteiger charge is -2.16. The van der Waals surface area contributed by atoms with Gasteiger partial charge >= 0.3 is 5.97 Å². The molecule has 3 aromatic carbocycles. The van der Waals surface area contributed by atoms with E-state index in [1.54, 1.807) is 30.3 Å². The Bertz CT molecular complexity index is 1140. The number of rotatable bonds is 9. The number of benzene rings is 3. The molecule has 2 N–H and O–H groups in total. The molecule has 0 aromatic heterocycles. The summed E-state index contributed by atoms with van der Waals surface area (Å²) in [6, 6.07) is 13.4. The monoisotopic (exact) mass is 513 g/mol. The molecule has 0 amide bonds. The molecule has 5 nitrogen and oxygen atoms in total. The molecule has 0 aliphatic rings. The average molecular weight is 515 g/mol. The Balaban J connectivity index is 1.77. The third kappa shape index (κ3) is 6.14. The number of halogens is 4. The first-order valence-corrected chi connectivity index (χ1v) is 11.1. The number of carboxylic acids is 1. The first-order valence-electron chi connectivity index (χ1n) is 9.57. The number of nitrogens with one attached hydrogen (secondary N) is 1. The average Bonchev–Trinajstić information content (AvgIpc) is 2.73. The van der Waals surface area contributed by atoms with Gasteiger partial charge in [-0.2, -0.15) is 0 Å². The van der Waals surface area contributed by atoms with Crippen molar-refractivity contribution in [1.82, 2.24) is 0 Å². The first-order chi connectivity index (χ1) is 15.3. The molecule has 0 saturated carbocycles. The summed E-state index contributed by atoms with van der Waals surface area (Å²) < 4.78 is 11.6. The number of anilines is 1. The number of aromatic carboxylic acids is 1. The van der Waals surface area contributed by atoms with Gasteiger partial charge in [-0.3, -0.25) is 0 Å². The first kappa shape index (κ1) is 24.3. The van der Waals surface area contributed by atoms with E-state index in [1.807, 2.05) is 13.0 Å². The maximum Gasteiger partial charge on any atom is 0.337 e. The summed E-state index contributed by atoms with van der Waals surface area (Å²) in [5.41, 5.74) is 2.22. The zero-order chi connectivity index (χ0) is 23.3. The second kappa shape index (κ2) is 11.0. The van der Waals surface area contributed by atoms with Crippen LogP contribution in [0.25, 0.3) is 0 Å². The van der Waals surface area contributed by atoms with Crippen molar-refractivity contribution in [3.63, 3.8) is 0 Å². The van der Waals surface area contributed by atoms with Crippen molar-refractivity contribution >= 4 is 58.1 Å². The summed E-state index contributed by atoms with van der Waals surface area (Å²) in [7, 11) is 0. The van der Waals surface area contributed by atoms with Crippen LogP contribution in [-0.2, 0) is 13.2 Å². The van der Waals surface area contributed by atoms with Gasteiger partial charge in [0.2, 0.25) is 0 Å². The van der Waals surface area contributed by atoms with Crippen molar-refractivity contribution < 1.29 is 19.4 Å². The molecule has 32 heavy (non-hydrogen) atoms. The Morgan fingerprint density at radius 1 is 0.938 bits per heavy atom. The van der Waals surface area contributed by atoms with Gasteiger partial charge in [-0.05, 0) is 55.0 Å². The van der Waals surface area contributed by atoms with Gasteiger partial charge in [0.1, 0.15) is 6.61 Å². The zero-order valence-electron chi connectivity index (χ0n) is 16.9. The molecule has 3 rings (SSSR count). The van der Waals surface area contributed by atoms with Gasteiger partial charge in [-0.1, -0.05) is 52.5 Å². The summed E-state index contributed by atoms with van der Waals surface area (Å²) in [5.74, 6) is -0.199. The molecule has 0 fully saturated rings. The second-order valence-electron chi connectivity index (χ2n) is 6.72. The third-order valence-electron chi connectivity index (χ3n) is 4.45. The minimum Gasteiger partial charge on any atom is -0.490 e. The Kier molecular flexibility index (Phi) is 8.38. The number of hydrogen-bond donors (Lipinski definition) is 2. The summed E-state index contributed by atoms with van der Waals surface area (Å²) >= 11 is 24.6. The minimum absolute atomic E-state index is 0.0225. The number of ether oxygens (including phenoxy) is 2. The zero-order valence-corrected chi connectivity index (χ0v) is 19.9. The summed E-state index contributed by atoms with van der Waals surface area (Å²) in [5, 5.41) is 14.0.